The van der Waals surface area contributed by atoms with Crippen molar-refractivity contribution < 1.29 is 22.8 Å². The summed E-state index contributed by atoms with van der Waals surface area (Å²) < 4.78 is 39.0. The highest BCUT2D eigenvalue weighted by Gasteiger charge is 2.39. The first-order chi connectivity index (χ1) is 9.20. The molecule has 1 aromatic carbocycles. The number of benzene rings is 1. The van der Waals surface area contributed by atoms with E-state index in [-0.39, 0.29) is 10.7 Å². The first-order valence-corrected chi connectivity index (χ1v) is 6.05. The zero-order chi connectivity index (χ0) is 15.1. The molecule has 0 aromatic heterocycles. The average Bonchev–Trinajstić information content (AvgIpc) is 2.33. The van der Waals surface area contributed by atoms with Crippen LogP contribution in [0.5, 0.6) is 0 Å². The average molecular weight is 307 g/mol. The third-order valence-electron chi connectivity index (χ3n) is 2.87. The van der Waals surface area contributed by atoms with Crippen molar-refractivity contribution in [1.29, 1.82) is 0 Å². The Morgan fingerprint density at radius 1 is 1.35 bits per heavy atom. The summed E-state index contributed by atoms with van der Waals surface area (Å²) in [7, 11) is 0. The molecule has 1 N–H and O–H groups in total. The van der Waals surface area contributed by atoms with Gasteiger partial charge in [-0.3, -0.25) is 9.59 Å². The van der Waals surface area contributed by atoms with Gasteiger partial charge in [-0.1, -0.05) is 11.6 Å². The smallest absolute Gasteiger partial charge is 0.343 e. The fraction of sp³-hybridized carbons (Fsp3) is 0.333. The van der Waals surface area contributed by atoms with E-state index >= 15 is 0 Å². The number of carbonyl (C=O) groups excluding carboxylic acids is 2. The first kappa shape index (κ1) is 14.6. The maximum Gasteiger partial charge on any atom is 0.418 e. The van der Waals surface area contributed by atoms with Crippen LogP contribution >= 0.6 is 11.6 Å². The van der Waals surface area contributed by atoms with Crippen LogP contribution in [0.3, 0.4) is 0 Å². The van der Waals surface area contributed by atoms with Gasteiger partial charge in [0.05, 0.1) is 11.3 Å². The molecule has 0 spiro atoms. The first-order valence-electron chi connectivity index (χ1n) is 5.67. The fourth-order valence-corrected chi connectivity index (χ4v) is 2.15. The van der Waals surface area contributed by atoms with E-state index in [4.69, 9.17) is 11.6 Å². The molecule has 1 unspecified atom stereocenters. The molecule has 1 aromatic rings. The zero-order valence-electron chi connectivity index (χ0n) is 10.3. The Morgan fingerprint density at radius 3 is 2.60 bits per heavy atom. The molecule has 1 heterocycles. The van der Waals surface area contributed by atoms with E-state index < -0.39 is 36.1 Å². The summed E-state index contributed by atoms with van der Waals surface area (Å²) in [5.74, 6) is -1.11. The van der Waals surface area contributed by atoms with E-state index in [2.05, 4.69) is 5.32 Å². The van der Waals surface area contributed by atoms with E-state index in [1.54, 1.807) is 0 Å². The van der Waals surface area contributed by atoms with Crippen molar-refractivity contribution in [2.75, 3.05) is 11.4 Å². The number of alkyl halides is 3. The standard InChI is InChI=1S/C12H10ClF3N2O2/c1-6-11(20)18(5-10(19)17-6)9-3-2-7(13)4-8(9)12(14,15)16/h2-4,6H,5H2,1H3,(H,17,19). The molecule has 4 nitrogen and oxygen atoms in total. The third kappa shape index (κ3) is 2.72. The van der Waals surface area contributed by atoms with Crippen LogP contribution in [0.25, 0.3) is 0 Å². The van der Waals surface area contributed by atoms with Crippen LogP contribution in [0.1, 0.15) is 12.5 Å². The van der Waals surface area contributed by atoms with Gasteiger partial charge in [0.2, 0.25) is 11.8 Å². The maximum atomic E-state index is 13.0. The molecule has 0 aliphatic carbocycles. The number of nitrogens with one attached hydrogen (secondary N) is 1. The van der Waals surface area contributed by atoms with Crippen molar-refractivity contribution >= 4 is 29.1 Å². The number of hydrogen-bond acceptors (Lipinski definition) is 2. The van der Waals surface area contributed by atoms with Crippen LogP contribution in [0.15, 0.2) is 18.2 Å². The monoisotopic (exact) mass is 306 g/mol. The normalized spacial score (nSPS) is 20.1. The molecule has 1 aliphatic rings. The number of carbonyl (C=O) groups is 2. The van der Waals surface area contributed by atoms with Crippen LogP contribution in [0.2, 0.25) is 5.02 Å². The van der Waals surface area contributed by atoms with Gasteiger partial charge < -0.3 is 10.2 Å². The Bertz CT molecular complexity index is 574. The maximum absolute atomic E-state index is 13.0. The molecule has 1 fully saturated rings. The Morgan fingerprint density at radius 2 is 2.00 bits per heavy atom. The summed E-state index contributed by atoms with van der Waals surface area (Å²) in [6, 6.07) is 2.21. The fourth-order valence-electron chi connectivity index (χ4n) is 1.98. The molecule has 0 saturated carbocycles. The van der Waals surface area contributed by atoms with Crippen LogP contribution in [0, 0.1) is 0 Å². The quantitative estimate of drug-likeness (QED) is 0.865. The third-order valence-corrected chi connectivity index (χ3v) is 3.11. The van der Waals surface area contributed by atoms with E-state index in [0.717, 1.165) is 17.0 Å². The second-order valence-corrected chi connectivity index (χ2v) is 4.81. The van der Waals surface area contributed by atoms with Crippen molar-refractivity contribution in [3.05, 3.63) is 28.8 Å². The predicted molar refractivity (Wildman–Crippen MR) is 66.4 cm³/mol. The van der Waals surface area contributed by atoms with Gasteiger partial charge in [0.15, 0.2) is 0 Å². The molecular weight excluding hydrogens is 297 g/mol. The van der Waals surface area contributed by atoms with Gasteiger partial charge in [0.1, 0.15) is 12.6 Å². The SMILES string of the molecule is CC1NC(=O)CN(c2ccc(Cl)cc2C(F)(F)F)C1=O. The van der Waals surface area contributed by atoms with E-state index in [1.165, 1.54) is 13.0 Å². The molecule has 8 heteroatoms. The Balaban J connectivity index is 2.51. The number of rotatable bonds is 1. The minimum absolute atomic E-state index is 0.0944. The van der Waals surface area contributed by atoms with Crippen molar-refractivity contribution in [2.24, 2.45) is 0 Å². The van der Waals surface area contributed by atoms with Crippen molar-refractivity contribution in [3.63, 3.8) is 0 Å². The topological polar surface area (TPSA) is 49.4 Å². The lowest BCUT2D eigenvalue weighted by Gasteiger charge is -2.32. The molecule has 1 aliphatic heterocycles. The lowest BCUT2D eigenvalue weighted by Crippen LogP contribution is -2.57. The van der Waals surface area contributed by atoms with Crippen molar-refractivity contribution in [1.82, 2.24) is 5.32 Å². The van der Waals surface area contributed by atoms with Gasteiger partial charge in [0.25, 0.3) is 0 Å². The summed E-state index contributed by atoms with van der Waals surface area (Å²) >= 11 is 5.57. The Kier molecular flexibility index (Phi) is 3.64. The molecule has 1 atom stereocenters. The lowest BCUT2D eigenvalue weighted by atomic mass is 10.1. The van der Waals surface area contributed by atoms with Gasteiger partial charge >= 0.3 is 6.18 Å². The zero-order valence-corrected chi connectivity index (χ0v) is 11.0. The summed E-state index contributed by atoms with van der Waals surface area (Å²) in [4.78, 5) is 24.2. The summed E-state index contributed by atoms with van der Waals surface area (Å²) in [6.45, 7) is 0.962. The van der Waals surface area contributed by atoms with E-state index in [0.29, 0.717) is 0 Å². The largest absolute Gasteiger partial charge is 0.418 e. The highest BCUT2D eigenvalue weighted by molar-refractivity contribution is 6.30. The minimum atomic E-state index is -4.67. The summed E-state index contributed by atoms with van der Waals surface area (Å²) in [6.07, 6.45) is -4.67. The number of anilines is 1. The summed E-state index contributed by atoms with van der Waals surface area (Å²) in [5, 5.41) is 2.27. The molecular formula is C12H10ClF3N2O2. The van der Waals surface area contributed by atoms with E-state index in [9.17, 15) is 22.8 Å². The van der Waals surface area contributed by atoms with Crippen LogP contribution < -0.4 is 10.2 Å². The van der Waals surface area contributed by atoms with Gasteiger partial charge in [-0.15, -0.1) is 0 Å². The molecule has 20 heavy (non-hydrogen) atoms. The molecule has 2 amide bonds. The van der Waals surface area contributed by atoms with E-state index in [1.807, 2.05) is 0 Å². The number of halogens is 4. The molecule has 0 radical (unpaired) electrons. The number of amides is 2. The van der Waals surface area contributed by atoms with Gasteiger partial charge in [-0.2, -0.15) is 13.2 Å². The highest BCUT2D eigenvalue weighted by atomic mass is 35.5. The van der Waals surface area contributed by atoms with Crippen LogP contribution in [0.4, 0.5) is 18.9 Å². The lowest BCUT2D eigenvalue weighted by molar-refractivity contribution is -0.138. The van der Waals surface area contributed by atoms with Gasteiger partial charge in [-0.25, -0.2) is 0 Å². The molecule has 108 valence electrons. The minimum Gasteiger partial charge on any atom is -0.343 e. The molecule has 2 rings (SSSR count). The summed E-state index contributed by atoms with van der Waals surface area (Å²) in [5.41, 5.74) is -1.41. The van der Waals surface area contributed by atoms with Crippen molar-refractivity contribution in [3.8, 4) is 0 Å². The van der Waals surface area contributed by atoms with Crippen molar-refractivity contribution in [2.45, 2.75) is 19.1 Å². The highest BCUT2D eigenvalue weighted by Crippen LogP contribution is 2.38. The van der Waals surface area contributed by atoms with Gasteiger partial charge in [-0.05, 0) is 25.1 Å². The second kappa shape index (κ2) is 4.97. The van der Waals surface area contributed by atoms with Gasteiger partial charge in [0, 0.05) is 5.02 Å². The van der Waals surface area contributed by atoms with Crippen LogP contribution in [-0.2, 0) is 15.8 Å². The second-order valence-electron chi connectivity index (χ2n) is 4.37. The van der Waals surface area contributed by atoms with Crippen LogP contribution in [-0.4, -0.2) is 24.4 Å². The molecule has 1 saturated heterocycles. The predicted octanol–water partition coefficient (Wildman–Crippen LogP) is 2.21. The number of nitrogens with zero attached hydrogens (tertiary/aromatic N) is 1. The Hall–Kier alpha value is -1.76. The number of hydrogen-bond donors (Lipinski definition) is 1. The molecule has 0 bridgehead atoms. The number of piperazine rings is 1. The Labute approximate surface area is 117 Å².